The van der Waals surface area contributed by atoms with Gasteiger partial charge in [0.1, 0.15) is 12.4 Å². The van der Waals surface area contributed by atoms with Crippen molar-refractivity contribution in [2.75, 3.05) is 7.11 Å². The van der Waals surface area contributed by atoms with E-state index in [4.69, 9.17) is 26.8 Å². The summed E-state index contributed by atoms with van der Waals surface area (Å²) in [5.74, 6) is 0.507. The number of nitrogens with one attached hydrogen (secondary N) is 1. The van der Waals surface area contributed by atoms with Gasteiger partial charge in [-0.3, -0.25) is 5.43 Å². The molecule has 126 valence electrons. The van der Waals surface area contributed by atoms with Crippen LogP contribution in [0.15, 0.2) is 41.5 Å². The van der Waals surface area contributed by atoms with Crippen LogP contribution in [-0.2, 0) is 6.61 Å². The molecule has 0 atom stereocenters. The molecule has 0 aromatic heterocycles. The molecule has 8 heteroatoms. The first-order valence-corrected chi connectivity index (χ1v) is 7.62. The van der Waals surface area contributed by atoms with Gasteiger partial charge >= 0.3 is 0 Å². The van der Waals surface area contributed by atoms with Crippen molar-refractivity contribution in [3.63, 3.8) is 0 Å². The van der Waals surface area contributed by atoms with Gasteiger partial charge in [-0.15, -0.1) is 0 Å². The Labute approximate surface area is 149 Å². The standard InChI is InChI=1S/C16H15ClFN3O2S/c1-22-15-7-10(8-20-21-16(19)24)5-6-14(15)23-9-11-12(17)3-2-4-13(11)18/h2-8H,9H2,1H3,(H3,19,21,24)/b20-8-. The number of benzene rings is 2. The highest BCUT2D eigenvalue weighted by atomic mass is 35.5. The number of nitrogens with two attached hydrogens (primary N) is 1. The number of ether oxygens (including phenoxy) is 2. The minimum Gasteiger partial charge on any atom is -0.493 e. The zero-order valence-electron chi connectivity index (χ0n) is 12.8. The number of halogens is 2. The first-order valence-electron chi connectivity index (χ1n) is 6.83. The van der Waals surface area contributed by atoms with E-state index in [0.717, 1.165) is 5.56 Å². The van der Waals surface area contributed by atoms with Crippen LogP contribution < -0.4 is 20.6 Å². The molecule has 5 nitrogen and oxygen atoms in total. The lowest BCUT2D eigenvalue weighted by atomic mass is 10.2. The number of hydrogen-bond donors (Lipinski definition) is 2. The monoisotopic (exact) mass is 367 g/mol. The van der Waals surface area contributed by atoms with Gasteiger partial charge < -0.3 is 15.2 Å². The van der Waals surface area contributed by atoms with Crippen molar-refractivity contribution < 1.29 is 13.9 Å². The van der Waals surface area contributed by atoms with Crippen molar-refractivity contribution in [3.05, 3.63) is 58.4 Å². The average Bonchev–Trinajstić information content (AvgIpc) is 2.54. The molecule has 3 N–H and O–H groups in total. The summed E-state index contributed by atoms with van der Waals surface area (Å²) in [5.41, 5.74) is 8.76. The molecule has 0 aliphatic rings. The van der Waals surface area contributed by atoms with Crippen molar-refractivity contribution in [1.82, 2.24) is 5.43 Å². The summed E-state index contributed by atoms with van der Waals surface area (Å²) in [4.78, 5) is 0. The summed E-state index contributed by atoms with van der Waals surface area (Å²) in [5, 5.41) is 4.23. The van der Waals surface area contributed by atoms with Crippen LogP contribution in [0.5, 0.6) is 11.5 Å². The van der Waals surface area contributed by atoms with Gasteiger partial charge in [0.05, 0.1) is 18.3 Å². The van der Waals surface area contributed by atoms with Crippen molar-refractivity contribution in [2.24, 2.45) is 10.8 Å². The van der Waals surface area contributed by atoms with E-state index in [2.05, 4.69) is 22.7 Å². The molecule has 0 radical (unpaired) electrons. The predicted octanol–water partition coefficient (Wildman–Crippen LogP) is 3.23. The van der Waals surface area contributed by atoms with Crippen LogP contribution in [0, 0.1) is 5.82 Å². The van der Waals surface area contributed by atoms with Gasteiger partial charge in [-0.25, -0.2) is 4.39 Å². The highest BCUT2D eigenvalue weighted by Gasteiger charge is 2.10. The summed E-state index contributed by atoms with van der Waals surface area (Å²) in [6.07, 6.45) is 1.53. The van der Waals surface area contributed by atoms with Crippen LogP contribution in [-0.4, -0.2) is 18.4 Å². The molecule has 0 aliphatic carbocycles. The molecule has 0 aliphatic heterocycles. The van der Waals surface area contributed by atoms with E-state index in [1.165, 1.54) is 25.5 Å². The van der Waals surface area contributed by atoms with E-state index >= 15 is 0 Å². The van der Waals surface area contributed by atoms with E-state index in [0.29, 0.717) is 16.5 Å². The second kappa shape index (κ2) is 8.47. The molecule has 2 rings (SSSR count). The molecule has 0 fully saturated rings. The summed E-state index contributed by atoms with van der Waals surface area (Å²) < 4.78 is 24.7. The Kier molecular flexibility index (Phi) is 6.34. The fraction of sp³-hybridized carbons (Fsp3) is 0.125. The Bertz CT molecular complexity index is 751. The fourth-order valence-electron chi connectivity index (χ4n) is 1.87. The number of thiocarbonyl (C=S) groups is 1. The van der Waals surface area contributed by atoms with Crippen LogP contribution >= 0.6 is 23.8 Å². The SMILES string of the molecule is COc1cc(/C=N\NC(N)=S)ccc1OCc1c(F)cccc1Cl. The molecular weight excluding hydrogens is 353 g/mol. The number of hydrogen-bond acceptors (Lipinski definition) is 4. The van der Waals surface area contributed by atoms with Gasteiger partial charge in [0, 0.05) is 5.56 Å². The third kappa shape index (κ3) is 4.81. The van der Waals surface area contributed by atoms with Crippen molar-refractivity contribution in [1.29, 1.82) is 0 Å². The molecule has 0 saturated heterocycles. The Morgan fingerprint density at radius 3 is 2.83 bits per heavy atom. The Morgan fingerprint density at radius 1 is 1.38 bits per heavy atom. The zero-order chi connectivity index (χ0) is 17.5. The van der Waals surface area contributed by atoms with Gasteiger partial charge in [-0.05, 0) is 48.1 Å². The van der Waals surface area contributed by atoms with Crippen LogP contribution in [0.3, 0.4) is 0 Å². The number of methoxy groups -OCH3 is 1. The number of nitrogens with zero attached hydrogens (tertiary/aromatic N) is 1. The third-order valence-corrected chi connectivity index (χ3v) is 3.46. The van der Waals surface area contributed by atoms with E-state index in [1.807, 2.05) is 0 Å². The topological polar surface area (TPSA) is 68.9 Å². The van der Waals surface area contributed by atoms with Crippen molar-refractivity contribution in [2.45, 2.75) is 6.61 Å². The quantitative estimate of drug-likeness (QED) is 0.466. The molecule has 0 heterocycles. The third-order valence-electron chi connectivity index (χ3n) is 3.01. The van der Waals surface area contributed by atoms with Gasteiger partial charge in [0.25, 0.3) is 0 Å². The summed E-state index contributed by atoms with van der Waals surface area (Å²) >= 11 is 10.6. The Hall–Kier alpha value is -2.38. The smallest absolute Gasteiger partial charge is 0.184 e. The van der Waals surface area contributed by atoms with Gasteiger partial charge in [0.2, 0.25) is 0 Å². The first kappa shape index (κ1) is 18.0. The van der Waals surface area contributed by atoms with E-state index in [9.17, 15) is 4.39 Å². The second-order valence-electron chi connectivity index (χ2n) is 4.63. The maximum atomic E-state index is 13.8. The second-order valence-corrected chi connectivity index (χ2v) is 5.48. The number of hydrazone groups is 1. The minimum atomic E-state index is -0.422. The molecule has 24 heavy (non-hydrogen) atoms. The minimum absolute atomic E-state index is 0.0156. The lowest BCUT2D eigenvalue weighted by Crippen LogP contribution is -2.23. The predicted molar refractivity (Wildman–Crippen MR) is 96.3 cm³/mol. The van der Waals surface area contributed by atoms with Gasteiger partial charge in [0.15, 0.2) is 16.6 Å². The molecule has 0 unspecified atom stereocenters. The maximum absolute atomic E-state index is 13.8. The van der Waals surface area contributed by atoms with Crippen molar-refractivity contribution >= 4 is 35.1 Å². The molecule has 0 amide bonds. The Morgan fingerprint density at radius 2 is 2.17 bits per heavy atom. The van der Waals surface area contributed by atoms with Crippen LogP contribution in [0.25, 0.3) is 0 Å². The zero-order valence-corrected chi connectivity index (χ0v) is 14.3. The van der Waals surface area contributed by atoms with Crippen LogP contribution in [0.1, 0.15) is 11.1 Å². The highest BCUT2D eigenvalue weighted by Crippen LogP contribution is 2.29. The van der Waals surface area contributed by atoms with Crippen LogP contribution in [0.2, 0.25) is 5.02 Å². The average molecular weight is 368 g/mol. The van der Waals surface area contributed by atoms with Gasteiger partial charge in [-0.1, -0.05) is 17.7 Å². The Balaban J connectivity index is 2.13. The lowest BCUT2D eigenvalue weighted by Gasteiger charge is -2.12. The maximum Gasteiger partial charge on any atom is 0.184 e. The lowest BCUT2D eigenvalue weighted by molar-refractivity contribution is 0.280. The van der Waals surface area contributed by atoms with Crippen LogP contribution in [0.4, 0.5) is 4.39 Å². The van der Waals surface area contributed by atoms with Gasteiger partial charge in [-0.2, -0.15) is 5.10 Å². The van der Waals surface area contributed by atoms with E-state index in [1.54, 1.807) is 24.3 Å². The molecular formula is C16H15ClFN3O2S. The summed E-state index contributed by atoms with van der Waals surface area (Å²) in [6, 6.07) is 9.63. The highest BCUT2D eigenvalue weighted by molar-refractivity contribution is 7.80. The van der Waals surface area contributed by atoms with E-state index < -0.39 is 5.82 Å². The largest absolute Gasteiger partial charge is 0.493 e. The molecule has 2 aromatic carbocycles. The number of rotatable bonds is 6. The molecule has 0 bridgehead atoms. The van der Waals surface area contributed by atoms with E-state index in [-0.39, 0.29) is 17.3 Å². The molecule has 0 spiro atoms. The normalized spacial score (nSPS) is 10.6. The fourth-order valence-corrected chi connectivity index (χ4v) is 2.14. The summed E-state index contributed by atoms with van der Waals surface area (Å²) in [7, 11) is 1.51. The molecule has 0 saturated carbocycles. The van der Waals surface area contributed by atoms with Crippen molar-refractivity contribution in [3.8, 4) is 11.5 Å². The molecule has 2 aromatic rings. The summed E-state index contributed by atoms with van der Waals surface area (Å²) in [6.45, 7) is -0.0156. The first-order chi connectivity index (χ1) is 11.5.